The highest BCUT2D eigenvalue weighted by molar-refractivity contribution is 6.31. The van der Waals surface area contributed by atoms with Crippen LogP contribution in [-0.4, -0.2) is 12.6 Å². The van der Waals surface area contributed by atoms with Gasteiger partial charge in [0.25, 0.3) is 0 Å². The maximum Gasteiger partial charge on any atom is 0.124 e. The molecule has 0 aliphatic rings. The maximum absolute atomic E-state index is 13.0. The summed E-state index contributed by atoms with van der Waals surface area (Å²) >= 11 is 6.12. The Kier molecular flexibility index (Phi) is 5.41. The van der Waals surface area contributed by atoms with Crippen LogP contribution < -0.4 is 5.32 Å². The summed E-state index contributed by atoms with van der Waals surface area (Å²) < 4.78 is 13.0. The van der Waals surface area contributed by atoms with E-state index in [1.807, 2.05) is 0 Å². The predicted molar refractivity (Wildman–Crippen MR) is 72.1 cm³/mol. The van der Waals surface area contributed by atoms with Crippen molar-refractivity contribution in [2.45, 2.75) is 39.7 Å². The van der Waals surface area contributed by atoms with Gasteiger partial charge in [-0.2, -0.15) is 0 Å². The minimum Gasteiger partial charge on any atom is -0.314 e. The van der Waals surface area contributed by atoms with Gasteiger partial charge in [-0.3, -0.25) is 0 Å². The predicted octanol–water partition coefficient (Wildman–Crippen LogP) is 4.22. The molecule has 0 radical (unpaired) electrons. The number of nitrogens with one attached hydrogen (secondary N) is 1. The lowest BCUT2D eigenvalue weighted by Gasteiger charge is -2.24. The summed E-state index contributed by atoms with van der Waals surface area (Å²) in [5.41, 5.74) is 1.02. The van der Waals surface area contributed by atoms with Crippen molar-refractivity contribution in [2.75, 3.05) is 6.54 Å². The summed E-state index contributed by atoms with van der Waals surface area (Å²) in [7, 11) is 0. The normalized spacial score (nSPS) is 13.4. The van der Waals surface area contributed by atoms with E-state index < -0.39 is 0 Å². The fourth-order valence-electron chi connectivity index (χ4n) is 1.87. The number of hydrogen-bond donors (Lipinski definition) is 1. The fraction of sp³-hybridized carbons (Fsp3) is 0.571. The molecule has 0 spiro atoms. The Hall–Kier alpha value is -0.600. The van der Waals surface area contributed by atoms with Gasteiger partial charge in [0.05, 0.1) is 0 Å². The van der Waals surface area contributed by atoms with Gasteiger partial charge in [-0.15, -0.1) is 0 Å². The first-order valence-electron chi connectivity index (χ1n) is 6.10. The molecule has 0 amide bonds. The molecule has 0 saturated carbocycles. The molecule has 0 fully saturated rings. The van der Waals surface area contributed by atoms with Gasteiger partial charge < -0.3 is 5.32 Å². The van der Waals surface area contributed by atoms with Crippen LogP contribution in [0.4, 0.5) is 4.39 Å². The van der Waals surface area contributed by atoms with E-state index in [1.54, 1.807) is 6.07 Å². The fourth-order valence-corrected chi connectivity index (χ4v) is 2.18. The maximum atomic E-state index is 13.0. The summed E-state index contributed by atoms with van der Waals surface area (Å²) in [4.78, 5) is 0. The van der Waals surface area contributed by atoms with Crippen molar-refractivity contribution in [1.29, 1.82) is 0 Å². The van der Waals surface area contributed by atoms with Crippen LogP contribution in [0.15, 0.2) is 18.2 Å². The number of hydrogen-bond acceptors (Lipinski definition) is 1. The summed E-state index contributed by atoms with van der Waals surface area (Å²) in [5, 5.41) is 3.94. The second kappa shape index (κ2) is 6.36. The number of rotatable bonds is 5. The van der Waals surface area contributed by atoms with Gasteiger partial charge in [-0.1, -0.05) is 45.4 Å². The van der Waals surface area contributed by atoms with Crippen LogP contribution in [0.5, 0.6) is 0 Å². The van der Waals surface area contributed by atoms with Crippen molar-refractivity contribution in [3.05, 3.63) is 34.6 Å². The molecule has 3 heteroatoms. The topological polar surface area (TPSA) is 12.0 Å². The molecule has 0 aliphatic heterocycles. The zero-order chi connectivity index (χ0) is 13.0. The Morgan fingerprint density at radius 3 is 2.35 bits per heavy atom. The molecule has 0 aliphatic carbocycles. The highest BCUT2D eigenvalue weighted by Crippen LogP contribution is 2.30. The Morgan fingerprint density at radius 2 is 1.88 bits per heavy atom. The molecule has 0 bridgehead atoms. The van der Waals surface area contributed by atoms with E-state index in [1.165, 1.54) is 12.1 Å². The second-order valence-corrected chi connectivity index (χ2v) is 5.49. The molecule has 1 aromatic carbocycles. The van der Waals surface area contributed by atoms with Crippen molar-refractivity contribution in [2.24, 2.45) is 5.92 Å². The van der Waals surface area contributed by atoms with Crippen LogP contribution in [-0.2, 0) is 0 Å². The van der Waals surface area contributed by atoms with Crippen LogP contribution in [0.3, 0.4) is 0 Å². The van der Waals surface area contributed by atoms with Gasteiger partial charge in [-0.25, -0.2) is 4.39 Å². The van der Waals surface area contributed by atoms with Gasteiger partial charge >= 0.3 is 0 Å². The monoisotopic (exact) mass is 257 g/mol. The van der Waals surface area contributed by atoms with E-state index in [9.17, 15) is 4.39 Å². The van der Waals surface area contributed by atoms with E-state index >= 15 is 0 Å². The Bertz CT molecular complexity index is 363. The summed E-state index contributed by atoms with van der Waals surface area (Å²) in [6.07, 6.45) is 0. The van der Waals surface area contributed by atoms with Crippen molar-refractivity contribution < 1.29 is 4.39 Å². The zero-order valence-electron chi connectivity index (χ0n) is 10.9. The van der Waals surface area contributed by atoms with Crippen molar-refractivity contribution in [1.82, 2.24) is 5.32 Å². The van der Waals surface area contributed by atoms with Gasteiger partial charge in [-0.05, 0) is 23.6 Å². The Balaban J connectivity index is 2.89. The average Bonchev–Trinajstić information content (AvgIpc) is 2.20. The molecule has 1 rings (SSSR count). The lowest BCUT2D eigenvalue weighted by atomic mass is 9.88. The van der Waals surface area contributed by atoms with Crippen LogP contribution >= 0.6 is 11.6 Å². The van der Waals surface area contributed by atoms with E-state index in [2.05, 4.69) is 33.0 Å². The van der Waals surface area contributed by atoms with E-state index in [0.29, 0.717) is 22.9 Å². The average molecular weight is 258 g/mol. The van der Waals surface area contributed by atoms with Crippen molar-refractivity contribution in [3.63, 3.8) is 0 Å². The molecule has 1 unspecified atom stereocenters. The molecule has 1 N–H and O–H groups in total. The third kappa shape index (κ3) is 4.29. The number of benzene rings is 1. The summed E-state index contributed by atoms with van der Waals surface area (Å²) in [6.45, 7) is 9.41. The minimum atomic E-state index is -0.280. The van der Waals surface area contributed by atoms with Crippen LogP contribution in [0.1, 0.15) is 39.2 Å². The lowest BCUT2D eigenvalue weighted by molar-refractivity contribution is 0.441. The molecule has 0 saturated heterocycles. The molecule has 0 aromatic heterocycles. The minimum absolute atomic E-state index is 0.280. The standard InChI is InChI=1S/C14H21ClFN/c1-9(2)13(8-17-10(3)4)12-6-5-11(16)7-14(12)15/h5-7,9-10,13,17H,8H2,1-4H3. The molecule has 1 atom stereocenters. The first-order chi connectivity index (χ1) is 7.91. The highest BCUT2D eigenvalue weighted by Gasteiger charge is 2.19. The smallest absolute Gasteiger partial charge is 0.124 e. The molecule has 0 heterocycles. The van der Waals surface area contributed by atoms with Gasteiger partial charge in [0.1, 0.15) is 5.82 Å². The van der Waals surface area contributed by atoms with Crippen molar-refractivity contribution >= 4 is 11.6 Å². The molecule has 1 nitrogen and oxygen atoms in total. The highest BCUT2D eigenvalue weighted by atomic mass is 35.5. The third-order valence-corrected chi connectivity index (χ3v) is 3.24. The molecular formula is C14H21ClFN. The SMILES string of the molecule is CC(C)NCC(c1ccc(F)cc1Cl)C(C)C. The van der Waals surface area contributed by atoms with Crippen LogP contribution in [0, 0.1) is 11.7 Å². The van der Waals surface area contributed by atoms with Gasteiger partial charge in [0.2, 0.25) is 0 Å². The van der Waals surface area contributed by atoms with Crippen molar-refractivity contribution in [3.8, 4) is 0 Å². The Morgan fingerprint density at radius 1 is 1.24 bits per heavy atom. The molecule has 1 aromatic rings. The van der Waals surface area contributed by atoms with Gasteiger partial charge in [0.15, 0.2) is 0 Å². The quantitative estimate of drug-likeness (QED) is 0.833. The largest absolute Gasteiger partial charge is 0.314 e. The van der Waals surface area contributed by atoms with E-state index in [4.69, 9.17) is 11.6 Å². The molecule has 17 heavy (non-hydrogen) atoms. The zero-order valence-corrected chi connectivity index (χ0v) is 11.7. The number of halogens is 2. The summed E-state index contributed by atoms with van der Waals surface area (Å²) in [6, 6.07) is 5.10. The van der Waals surface area contributed by atoms with Crippen LogP contribution in [0.2, 0.25) is 5.02 Å². The third-order valence-electron chi connectivity index (χ3n) is 2.91. The lowest BCUT2D eigenvalue weighted by Crippen LogP contribution is -2.30. The summed E-state index contributed by atoms with van der Waals surface area (Å²) in [5.74, 6) is 0.493. The van der Waals surface area contributed by atoms with Gasteiger partial charge in [0, 0.05) is 23.5 Å². The van der Waals surface area contributed by atoms with E-state index in [0.717, 1.165) is 12.1 Å². The van der Waals surface area contributed by atoms with E-state index in [-0.39, 0.29) is 5.82 Å². The Labute approximate surface area is 108 Å². The second-order valence-electron chi connectivity index (χ2n) is 5.08. The molecular weight excluding hydrogens is 237 g/mol. The first kappa shape index (κ1) is 14.5. The first-order valence-corrected chi connectivity index (χ1v) is 6.48. The van der Waals surface area contributed by atoms with Crippen LogP contribution in [0.25, 0.3) is 0 Å². The molecule has 96 valence electrons.